The van der Waals surface area contributed by atoms with Crippen LogP contribution in [-0.4, -0.2) is 33.9 Å². The molecular weight excluding hydrogens is 238 g/mol. The van der Waals surface area contributed by atoms with Crippen LogP contribution < -0.4 is 10.6 Å². The Hall–Kier alpha value is -2.25. The lowest BCUT2D eigenvalue weighted by molar-refractivity contribution is -0.385. The molecule has 0 aliphatic rings. The Kier molecular flexibility index (Phi) is 5.49. The fourth-order valence-electron chi connectivity index (χ4n) is 1.15. The van der Waals surface area contributed by atoms with Crippen LogP contribution in [0.5, 0.6) is 0 Å². The third-order valence-electron chi connectivity index (χ3n) is 2.06. The molecule has 1 rings (SSSR count). The molecule has 0 radical (unpaired) electrons. The standard InChI is InChI=1S/C10H15N5O3/c1-2-4-11-9(16)3-5-12-10-13-6-8(7-14-10)15(17)18/h6-7H,2-5H2,1H3,(H,11,16)(H,12,13,14). The van der Waals surface area contributed by atoms with Crippen LogP contribution in [0.4, 0.5) is 11.6 Å². The van der Waals surface area contributed by atoms with E-state index in [1.165, 1.54) is 0 Å². The van der Waals surface area contributed by atoms with E-state index in [0.29, 0.717) is 19.5 Å². The lowest BCUT2D eigenvalue weighted by Crippen LogP contribution is -2.26. The average molecular weight is 253 g/mol. The van der Waals surface area contributed by atoms with Gasteiger partial charge in [-0.25, -0.2) is 9.97 Å². The molecule has 0 aromatic carbocycles. The van der Waals surface area contributed by atoms with E-state index in [-0.39, 0.29) is 17.5 Å². The summed E-state index contributed by atoms with van der Waals surface area (Å²) in [7, 11) is 0. The first-order chi connectivity index (χ1) is 8.63. The molecule has 0 fully saturated rings. The highest BCUT2D eigenvalue weighted by atomic mass is 16.6. The molecule has 2 N–H and O–H groups in total. The van der Waals surface area contributed by atoms with Crippen molar-refractivity contribution in [2.75, 3.05) is 18.4 Å². The van der Waals surface area contributed by atoms with Crippen molar-refractivity contribution in [2.24, 2.45) is 0 Å². The van der Waals surface area contributed by atoms with Gasteiger partial charge in [0.05, 0.1) is 4.92 Å². The Morgan fingerprint density at radius 1 is 1.39 bits per heavy atom. The zero-order chi connectivity index (χ0) is 13.4. The Balaban J connectivity index is 2.31. The number of hydrogen-bond acceptors (Lipinski definition) is 6. The van der Waals surface area contributed by atoms with E-state index in [9.17, 15) is 14.9 Å². The number of hydrogen-bond donors (Lipinski definition) is 2. The lowest BCUT2D eigenvalue weighted by atomic mass is 10.4. The van der Waals surface area contributed by atoms with Crippen molar-refractivity contribution in [3.05, 3.63) is 22.5 Å². The van der Waals surface area contributed by atoms with Gasteiger partial charge in [0.25, 0.3) is 0 Å². The summed E-state index contributed by atoms with van der Waals surface area (Å²) < 4.78 is 0. The Bertz CT molecular complexity index is 406. The van der Waals surface area contributed by atoms with Gasteiger partial charge in [-0.3, -0.25) is 14.9 Å². The second-order valence-electron chi connectivity index (χ2n) is 3.55. The molecule has 0 saturated heterocycles. The van der Waals surface area contributed by atoms with Crippen molar-refractivity contribution >= 4 is 17.5 Å². The normalized spacial score (nSPS) is 9.83. The molecule has 18 heavy (non-hydrogen) atoms. The number of carbonyl (C=O) groups excluding carboxylic acids is 1. The topological polar surface area (TPSA) is 110 Å². The highest BCUT2D eigenvalue weighted by Crippen LogP contribution is 2.07. The number of nitro groups is 1. The molecule has 0 aliphatic heterocycles. The van der Waals surface area contributed by atoms with E-state index in [0.717, 1.165) is 18.8 Å². The summed E-state index contributed by atoms with van der Waals surface area (Å²) in [5.41, 5.74) is -0.166. The Labute approximate surface area is 104 Å². The molecule has 0 bridgehead atoms. The monoisotopic (exact) mass is 253 g/mol. The minimum Gasteiger partial charge on any atom is -0.356 e. The maximum Gasteiger partial charge on any atom is 0.305 e. The molecule has 0 atom stereocenters. The lowest BCUT2D eigenvalue weighted by Gasteiger charge is -2.04. The molecule has 98 valence electrons. The third-order valence-corrected chi connectivity index (χ3v) is 2.06. The minimum absolute atomic E-state index is 0.0498. The summed E-state index contributed by atoms with van der Waals surface area (Å²) in [4.78, 5) is 28.6. The predicted octanol–water partition coefficient (Wildman–Crippen LogP) is 0.713. The predicted molar refractivity (Wildman–Crippen MR) is 65.1 cm³/mol. The van der Waals surface area contributed by atoms with Crippen LogP contribution in [0.2, 0.25) is 0 Å². The first kappa shape index (κ1) is 13.8. The van der Waals surface area contributed by atoms with Gasteiger partial charge in [0.2, 0.25) is 11.9 Å². The van der Waals surface area contributed by atoms with Gasteiger partial charge in [-0.2, -0.15) is 0 Å². The SMILES string of the molecule is CCCNC(=O)CCNc1ncc([N+](=O)[O-])cn1. The Morgan fingerprint density at radius 2 is 2.06 bits per heavy atom. The first-order valence-corrected chi connectivity index (χ1v) is 5.60. The molecule has 1 aromatic rings. The number of anilines is 1. The van der Waals surface area contributed by atoms with Gasteiger partial charge >= 0.3 is 5.69 Å². The van der Waals surface area contributed by atoms with Gasteiger partial charge in [-0.05, 0) is 6.42 Å². The maximum atomic E-state index is 11.3. The van der Waals surface area contributed by atoms with Gasteiger partial charge in [-0.1, -0.05) is 6.92 Å². The highest BCUT2D eigenvalue weighted by molar-refractivity contribution is 5.76. The number of rotatable bonds is 7. The van der Waals surface area contributed by atoms with Crippen molar-refractivity contribution < 1.29 is 9.72 Å². The number of carbonyl (C=O) groups is 1. The second-order valence-corrected chi connectivity index (χ2v) is 3.55. The van der Waals surface area contributed by atoms with Crippen LogP contribution in [0.15, 0.2) is 12.4 Å². The Morgan fingerprint density at radius 3 is 2.61 bits per heavy atom. The fraction of sp³-hybridized carbons (Fsp3) is 0.500. The minimum atomic E-state index is -0.567. The largest absolute Gasteiger partial charge is 0.356 e. The van der Waals surface area contributed by atoms with Crippen molar-refractivity contribution in [3.8, 4) is 0 Å². The third kappa shape index (κ3) is 4.73. The summed E-state index contributed by atoms with van der Waals surface area (Å²) in [6.45, 7) is 3.02. The molecule has 1 aromatic heterocycles. The summed E-state index contributed by atoms with van der Waals surface area (Å²) in [5.74, 6) is 0.218. The number of nitrogens with one attached hydrogen (secondary N) is 2. The number of nitrogens with zero attached hydrogens (tertiary/aromatic N) is 3. The quantitative estimate of drug-likeness (QED) is 0.547. The van der Waals surface area contributed by atoms with Crippen LogP contribution >= 0.6 is 0 Å². The molecule has 0 spiro atoms. The van der Waals surface area contributed by atoms with Crippen molar-refractivity contribution in [3.63, 3.8) is 0 Å². The number of amides is 1. The van der Waals surface area contributed by atoms with E-state index < -0.39 is 4.92 Å². The molecule has 1 amide bonds. The highest BCUT2D eigenvalue weighted by Gasteiger charge is 2.06. The van der Waals surface area contributed by atoms with Crippen LogP contribution in [0.25, 0.3) is 0 Å². The first-order valence-electron chi connectivity index (χ1n) is 5.60. The molecule has 8 nitrogen and oxygen atoms in total. The van der Waals surface area contributed by atoms with E-state index in [4.69, 9.17) is 0 Å². The zero-order valence-corrected chi connectivity index (χ0v) is 10.0. The van der Waals surface area contributed by atoms with E-state index in [1.807, 2.05) is 6.92 Å². The molecule has 8 heteroatoms. The molecule has 0 unspecified atom stereocenters. The smallest absolute Gasteiger partial charge is 0.305 e. The van der Waals surface area contributed by atoms with Crippen LogP contribution in [0.1, 0.15) is 19.8 Å². The number of aromatic nitrogens is 2. The zero-order valence-electron chi connectivity index (χ0n) is 10.0. The molecule has 0 saturated carbocycles. The van der Waals surface area contributed by atoms with Crippen LogP contribution in [0, 0.1) is 10.1 Å². The summed E-state index contributed by atoms with van der Waals surface area (Å²) in [6.07, 6.45) is 3.43. The van der Waals surface area contributed by atoms with Crippen molar-refractivity contribution in [1.29, 1.82) is 0 Å². The van der Waals surface area contributed by atoms with Gasteiger partial charge in [0.1, 0.15) is 12.4 Å². The van der Waals surface area contributed by atoms with Crippen molar-refractivity contribution in [2.45, 2.75) is 19.8 Å². The maximum absolute atomic E-state index is 11.3. The van der Waals surface area contributed by atoms with E-state index in [2.05, 4.69) is 20.6 Å². The van der Waals surface area contributed by atoms with E-state index in [1.54, 1.807) is 0 Å². The van der Waals surface area contributed by atoms with Gasteiger partial charge in [-0.15, -0.1) is 0 Å². The molecular formula is C10H15N5O3. The average Bonchev–Trinajstić information content (AvgIpc) is 2.37. The molecule has 0 aliphatic carbocycles. The summed E-state index contributed by atoms with van der Waals surface area (Å²) >= 11 is 0. The van der Waals surface area contributed by atoms with E-state index >= 15 is 0 Å². The second kappa shape index (κ2) is 7.15. The van der Waals surface area contributed by atoms with Crippen molar-refractivity contribution in [1.82, 2.24) is 15.3 Å². The van der Waals surface area contributed by atoms with Gasteiger partial charge in [0.15, 0.2) is 0 Å². The molecule has 1 heterocycles. The van der Waals surface area contributed by atoms with Gasteiger partial charge in [0, 0.05) is 19.5 Å². The fourth-order valence-corrected chi connectivity index (χ4v) is 1.15. The summed E-state index contributed by atoms with van der Waals surface area (Å²) in [5, 5.41) is 15.9. The van der Waals surface area contributed by atoms with Crippen LogP contribution in [-0.2, 0) is 4.79 Å². The van der Waals surface area contributed by atoms with Crippen LogP contribution in [0.3, 0.4) is 0 Å². The summed E-state index contributed by atoms with van der Waals surface area (Å²) in [6, 6.07) is 0. The van der Waals surface area contributed by atoms with Gasteiger partial charge < -0.3 is 10.6 Å².